The van der Waals surface area contributed by atoms with E-state index < -0.39 is 6.09 Å². The second kappa shape index (κ2) is 6.59. The minimum Gasteiger partial charge on any atom is -0.453 e. The zero-order valence-electron chi connectivity index (χ0n) is 10.8. The summed E-state index contributed by atoms with van der Waals surface area (Å²) < 4.78 is 4.51. The van der Waals surface area contributed by atoms with Gasteiger partial charge < -0.3 is 10.1 Å². The summed E-state index contributed by atoms with van der Waals surface area (Å²) in [6.45, 7) is 0.663. The van der Waals surface area contributed by atoms with Crippen molar-refractivity contribution in [3.8, 4) is 6.07 Å². The van der Waals surface area contributed by atoms with Gasteiger partial charge in [0.1, 0.15) is 10.9 Å². The molecule has 0 aliphatic rings. The van der Waals surface area contributed by atoms with Crippen molar-refractivity contribution >= 4 is 28.8 Å². The number of carbonyl (C=O) groups excluding carboxylic acids is 1. The van der Waals surface area contributed by atoms with Crippen LogP contribution in [0.3, 0.4) is 0 Å². The number of nitrogens with zero attached hydrogens (tertiary/aromatic N) is 1. The van der Waals surface area contributed by atoms with E-state index in [2.05, 4.69) is 21.4 Å². The number of methoxy groups -OCH3 is 1. The molecule has 0 spiro atoms. The molecule has 1 amide bonds. The van der Waals surface area contributed by atoms with Crippen molar-refractivity contribution in [2.24, 2.45) is 0 Å². The van der Waals surface area contributed by atoms with Crippen LogP contribution in [0.5, 0.6) is 0 Å². The Kier molecular flexibility index (Phi) is 4.58. The van der Waals surface area contributed by atoms with E-state index in [1.807, 2.05) is 24.3 Å². The zero-order valence-corrected chi connectivity index (χ0v) is 11.7. The van der Waals surface area contributed by atoms with Crippen molar-refractivity contribution in [1.82, 2.24) is 0 Å². The van der Waals surface area contributed by atoms with Crippen LogP contribution in [0.2, 0.25) is 0 Å². The fourth-order valence-corrected chi connectivity index (χ4v) is 2.31. The molecule has 6 heteroatoms. The standard InChI is InChI=1S/C14H13N3O2S/c1-19-14(18)17-11-4-2-10(3-5-11)16-9-13-7-6-12(8-15)20-13/h2-7,16H,9H2,1H3,(H,17,18). The molecular formula is C14H13N3O2S. The quantitative estimate of drug-likeness (QED) is 0.903. The molecule has 0 saturated heterocycles. The highest BCUT2D eigenvalue weighted by atomic mass is 32.1. The minimum atomic E-state index is -0.492. The van der Waals surface area contributed by atoms with Crippen molar-refractivity contribution in [1.29, 1.82) is 5.26 Å². The Morgan fingerprint density at radius 3 is 2.55 bits per heavy atom. The third-order valence-electron chi connectivity index (χ3n) is 2.56. The number of rotatable bonds is 4. The van der Waals surface area contributed by atoms with E-state index in [4.69, 9.17) is 5.26 Å². The van der Waals surface area contributed by atoms with Crippen molar-refractivity contribution in [2.45, 2.75) is 6.54 Å². The van der Waals surface area contributed by atoms with Crippen LogP contribution >= 0.6 is 11.3 Å². The number of hydrogen-bond acceptors (Lipinski definition) is 5. The van der Waals surface area contributed by atoms with Crippen LogP contribution in [0.25, 0.3) is 0 Å². The molecule has 0 aliphatic heterocycles. The highest BCUT2D eigenvalue weighted by Gasteiger charge is 2.01. The van der Waals surface area contributed by atoms with Crippen molar-refractivity contribution in [3.05, 3.63) is 46.2 Å². The summed E-state index contributed by atoms with van der Waals surface area (Å²) in [6, 6.07) is 13.2. The fraction of sp³-hybridized carbons (Fsp3) is 0.143. The number of anilines is 2. The molecule has 1 heterocycles. The first-order valence-corrected chi connectivity index (χ1v) is 6.70. The Labute approximate surface area is 120 Å². The lowest BCUT2D eigenvalue weighted by Gasteiger charge is -2.07. The summed E-state index contributed by atoms with van der Waals surface area (Å²) in [5.41, 5.74) is 1.61. The Morgan fingerprint density at radius 1 is 1.25 bits per heavy atom. The molecule has 2 N–H and O–H groups in total. The van der Waals surface area contributed by atoms with Gasteiger partial charge in [0, 0.05) is 22.8 Å². The molecule has 0 radical (unpaired) electrons. The number of ether oxygens (including phenoxy) is 1. The van der Waals surface area contributed by atoms with Crippen LogP contribution in [0.4, 0.5) is 16.2 Å². The van der Waals surface area contributed by atoms with Crippen molar-refractivity contribution < 1.29 is 9.53 Å². The van der Waals surface area contributed by atoms with Gasteiger partial charge in [-0.2, -0.15) is 5.26 Å². The van der Waals surface area contributed by atoms with Gasteiger partial charge in [0.05, 0.1) is 7.11 Å². The highest BCUT2D eigenvalue weighted by molar-refractivity contribution is 7.12. The van der Waals surface area contributed by atoms with Gasteiger partial charge in [0.25, 0.3) is 0 Å². The number of hydrogen-bond donors (Lipinski definition) is 2. The molecule has 1 aromatic carbocycles. The van der Waals surface area contributed by atoms with Gasteiger partial charge in [-0.3, -0.25) is 5.32 Å². The van der Waals surface area contributed by atoms with E-state index in [9.17, 15) is 4.79 Å². The average molecular weight is 287 g/mol. The van der Waals surface area contributed by atoms with Gasteiger partial charge in [-0.15, -0.1) is 11.3 Å². The van der Waals surface area contributed by atoms with E-state index in [1.165, 1.54) is 18.4 Å². The molecule has 2 aromatic rings. The number of amides is 1. The van der Waals surface area contributed by atoms with Gasteiger partial charge >= 0.3 is 6.09 Å². The van der Waals surface area contributed by atoms with Crippen molar-refractivity contribution in [3.63, 3.8) is 0 Å². The van der Waals surface area contributed by atoms with Crippen LogP contribution in [0.1, 0.15) is 9.75 Å². The molecule has 20 heavy (non-hydrogen) atoms. The first kappa shape index (κ1) is 13.9. The van der Waals surface area contributed by atoms with E-state index in [-0.39, 0.29) is 0 Å². The first-order valence-electron chi connectivity index (χ1n) is 5.89. The molecule has 0 unspecified atom stereocenters. The number of benzene rings is 1. The van der Waals surface area contributed by atoms with Gasteiger partial charge in [-0.1, -0.05) is 0 Å². The smallest absolute Gasteiger partial charge is 0.411 e. The fourth-order valence-electron chi connectivity index (χ4n) is 1.56. The molecule has 0 fully saturated rings. The molecule has 1 aromatic heterocycles. The molecule has 5 nitrogen and oxygen atoms in total. The third-order valence-corrected chi connectivity index (χ3v) is 3.55. The summed E-state index contributed by atoms with van der Waals surface area (Å²) in [7, 11) is 1.32. The van der Waals surface area contributed by atoms with Crippen LogP contribution in [0, 0.1) is 11.3 Å². The summed E-state index contributed by atoms with van der Waals surface area (Å²) >= 11 is 1.47. The van der Waals surface area contributed by atoms with Crippen LogP contribution in [-0.4, -0.2) is 13.2 Å². The molecular weight excluding hydrogens is 274 g/mol. The molecule has 0 saturated carbocycles. The maximum atomic E-state index is 11.0. The summed E-state index contributed by atoms with van der Waals surface area (Å²) in [5.74, 6) is 0. The predicted octanol–water partition coefficient (Wildman–Crippen LogP) is 3.41. The van der Waals surface area contributed by atoms with Crippen molar-refractivity contribution in [2.75, 3.05) is 17.7 Å². The molecule has 0 atom stereocenters. The predicted molar refractivity (Wildman–Crippen MR) is 78.8 cm³/mol. The van der Waals surface area contributed by atoms with Crippen LogP contribution < -0.4 is 10.6 Å². The van der Waals surface area contributed by atoms with E-state index in [0.717, 1.165) is 10.6 Å². The first-order chi connectivity index (χ1) is 9.71. The summed E-state index contributed by atoms with van der Waals surface area (Å²) in [6.07, 6.45) is -0.492. The maximum Gasteiger partial charge on any atom is 0.411 e. The largest absolute Gasteiger partial charge is 0.453 e. The summed E-state index contributed by atoms with van der Waals surface area (Å²) in [4.78, 5) is 12.8. The lowest BCUT2D eigenvalue weighted by atomic mass is 10.3. The molecule has 102 valence electrons. The van der Waals surface area contributed by atoms with Crippen LogP contribution in [0.15, 0.2) is 36.4 Å². The Morgan fingerprint density at radius 2 is 1.95 bits per heavy atom. The van der Waals surface area contributed by atoms with E-state index >= 15 is 0 Å². The lowest BCUT2D eigenvalue weighted by Crippen LogP contribution is -2.10. The Balaban J connectivity index is 1.90. The van der Waals surface area contributed by atoms with E-state index in [1.54, 1.807) is 12.1 Å². The number of carbonyl (C=O) groups is 1. The third kappa shape index (κ3) is 3.73. The SMILES string of the molecule is COC(=O)Nc1ccc(NCc2ccc(C#N)s2)cc1. The summed E-state index contributed by atoms with van der Waals surface area (Å²) in [5, 5.41) is 14.6. The van der Waals surface area contributed by atoms with Gasteiger partial charge in [0.2, 0.25) is 0 Å². The van der Waals surface area contributed by atoms with E-state index in [0.29, 0.717) is 17.1 Å². The average Bonchev–Trinajstić information content (AvgIpc) is 2.94. The number of nitrogens with one attached hydrogen (secondary N) is 2. The number of thiophene rings is 1. The van der Waals surface area contributed by atoms with Gasteiger partial charge in [-0.25, -0.2) is 4.79 Å². The second-order valence-electron chi connectivity index (χ2n) is 3.93. The minimum absolute atomic E-state index is 0.492. The monoisotopic (exact) mass is 287 g/mol. The lowest BCUT2D eigenvalue weighted by molar-refractivity contribution is 0.187. The zero-order chi connectivity index (χ0) is 14.4. The van der Waals surface area contributed by atoms with Gasteiger partial charge in [0.15, 0.2) is 0 Å². The van der Waals surface area contributed by atoms with Crippen LogP contribution in [-0.2, 0) is 11.3 Å². The molecule has 0 aliphatic carbocycles. The number of nitriles is 1. The Bertz CT molecular complexity index is 629. The second-order valence-corrected chi connectivity index (χ2v) is 5.09. The normalized spacial score (nSPS) is 9.60. The topological polar surface area (TPSA) is 74.2 Å². The maximum absolute atomic E-state index is 11.0. The highest BCUT2D eigenvalue weighted by Crippen LogP contribution is 2.18. The molecule has 0 bridgehead atoms. The van der Waals surface area contributed by atoms with Gasteiger partial charge in [-0.05, 0) is 36.4 Å². The molecule has 2 rings (SSSR count). The Hall–Kier alpha value is -2.52.